The lowest BCUT2D eigenvalue weighted by atomic mass is 9.97. The number of hydrogen-bond donors (Lipinski definition) is 1. The predicted octanol–water partition coefficient (Wildman–Crippen LogP) is 4.76. The van der Waals surface area contributed by atoms with Gasteiger partial charge in [0, 0.05) is 30.6 Å². The van der Waals surface area contributed by atoms with Crippen molar-refractivity contribution in [3.05, 3.63) is 58.1 Å². The summed E-state index contributed by atoms with van der Waals surface area (Å²) in [6, 6.07) is 12.1. The minimum absolute atomic E-state index is 0. The Hall–Kier alpha value is -2.22. The minimum Gasteiger partial charge on any atom is -0.495 e. The van der Waals surface area contributed by atoms with Crippen LogP contribution in [0.25, 0.3) is 0 Å². The van der Waals surface area contributed by atoms with Crippen molar-refractivity contribution in [3.8, 4) is 5.75 Å². The molecule has 0 saturated carbocycles. The maximum absolute atomic E-state index is 11.3. The molecule has 2 aromatic carbocycles. The van der Waals surface area contributed by atoms with Gasteiger partial charge in [0.1, 0.15) is 11.6 Å². The molecule has 2 aliphatic heterocycles. The number of rotatable bonds is 3. The molecule has 0 unspecified atom stereocenters. The van der Waals surface area contributed by atoms with E-state index in [4.69, 9.17) is 16.3 Å². The molecule has 0 radical (unpaired) electrons. The van der Waals surface area contributed by atoms with E-state index in [1.54, 1.807) is 14.2 Å². The summed E-state index contributed by atoms with van der Waals surface area (Å²) in [5.41, 5.74) is 7.81. The molecule has 0 bridgehead atoms. The number of methoxy groups -OCH3 is 1. The van der Waals surface area contributed by atoms with E-state index in [2.05, 4.69) is 38.6 Å². The average Bonchev–Trinajstić information content (AvgIpc) is 2.75. The maximum atomic E-state index is 11.3. The smallest absolute Gasteiger partial charge is 0.299 e. The van der Waals surface area contributed by atoms with E-state index in [1.807, 2.05) is 18.2 Å². The summed E-state index contributed by atoms with van der Waals surface area (Å²) in [4.78, 5) is 18.1. The molecule has 0 atom stereocenters. The fourth-order valence-electron chi connectivity index (χ4n) is 3.67. The highest BCUT2D eigenvalue weighted by molar-refractivity contribution is 8.14. The van der Waals surface area contributed by atoms with E-state index < -0.39 is 0 Å². The first-order valence-electron chi connectivity index (χ1n) is 9.31. The van der Waals surface area contributed by atoms with Gasteiger partial charge in [-0.05, 0) is 54.3 Å². The minimum atomic E-state index is -0.111. The Morgan fingerprint density at radius 2 is 2.13 bits per heavy atom. The third-order valence-corrected chi connectivity index (χ3v) is 6.10. The van der Waals surface area contributed by atoms with E-state index in [0.717, 1.165) is 47.7 Å². The highest BCUT2D eigenvalue weighted by Gasteiger charge is 2.24. The number of carbonyl (C=O) groups is 1. The number of hydrogen-bond acceptors (Lipinski definition) is 5. The number of fused-ring (bicyclic) bond motifs is 1. The molecule has 1 amide bonds. The molecular weight excluding hydrogens is 443 g/mol. The van der Waals surface area contributed by atoms with Gasteiger partial charge in [0.2, 0.25) is 0 Å². The van der Waals surface area contributed by atoms with Crippen LogP contribution in [0.5, 0.6) is 5.75 Å². The molecule has 2 aliphatic rings. The monoisotopic (exact) mass is 464 g/mol. The number of halogens is 2. The van der Waals surface area contributed by atoms with Crippen LogP contribution in [0.1, 0.15) is 23.1 Å². The van der Waals surface area contributed by atoms with Crippen LogP contribution in [0.15, 0.2) is 46.5 Å². The number of aryl methyl sites for hydroxylation is 1. The van der Waals surface area contributed by atoms with Gasteiger partial charge in [0.05, 0.1) is 17.8 Å². The molecular formula is C21H22Cl2N4O2S. The van der Waals surface area contributed by atoms with Crippen molar-refractivity contribution < 1.29 is 9.53 Å². The molecule has 0 aliphatic carbocycles. The van der Waals surface area contributed by atoms with Crippen molar-refractivity contribution >= 4 is 58.2 Å². The number of thioether (sulfide) groups is 1. The molecule has 6 nitrogen and oxygen atoms in total. The number of ether oxygens (including phenoxy) is 1. The first kappa shape index (κ1) is 22.5. The maximum Gasteiger partial charge on any atom is 0.299 e. The van der Waals surface area contributed by atoms with Gasteiger partial charge in [0.25, 0.3) is 5.24 Å². The third kappa shape index (κ3) is 4.43. The van der Waals surface area contributed by atoms with Gasteiger partial charge in [-0.25, -0.2) is 5.43 Å². The number of carbonyl (C=O) groups excluding carboxylic acids is 1. The highest BCUT2D eigenvalue weighted by Crippen LogP contribution is 2.32. The molecule has 0 fully saturated rings. The molecule has 30 heavy (non-hydrogen) atoms. The van der Waals surface area contributed by atoms with Gasteiger partial charge in [-0.2, -0.15) is 5.10 Å². The third-order valence-electron chi connectivity index (χ3n) is 5.03. The van der Waals surface area contributed by atoms with Crippen LogP contribution < -0.4 is 15.1 Å². The fourth-order valence-corrected chi connectivity index (χ4v) is 4.53. The van der Waals surface area contributed by atoms with Gasteiger partial charge < -0.3 is 9.64 Å². The van der Waals surface area contributed by atoms with E-state index in [1.165, 1.54) is 17.3 Å². The van der Waals surface area contributed by atoms with Gasteiger partial charge in [-0.3, -0.25) is 9.79 Å². The number of amides is 1. The number of aliphatic imine (C=N–C) groups is 1. The normalized spacial score (nSPS) is 16.2. The van der Waals surface area contributed by atoms with Crippen LogP contribution in [0.4, 0.5) is 10.5 Å². The summed E-state index contributed by atoms with van der Waals surface area (Å²) in [5.74, 6) is 2.11. The summed E-state index contributed by atoms with van der Waals surface area (Å²) in [6.07, 6.45) is 2.02. The van der Waals surface area contributed by atoms with E-state index in [-0.39, 0.29) is 17.6 Å². The first-order chi connectivity index (χ1) is 14.1. The van der Waals surface area contributed by atoms with Gasteiger partial charge in [-0.15, -0.1) is 12.4 Å². The molecule has 0 spiro atoms. The molecule has 0 saturated heterocycles. The van der Waals surface area contributed by atoms with E-state index in [9.17, 15) is 4.79 Å². The molecule has 4 rings (SSSR count). The zero-order chi connectivity index (χ0) is 20.4. The van der Waals surface area contributed by atoms with Crippen LogP contribution in [-0.2, 0) is 6.42 Å². The SMILES string of the molecule is CN=C(c1ccc(OC)c(Cl)c1)N1CCCc2cc(C3=NNC(=O)SC3)ccc21.Cl. The van der Waals surface area contributed by atoms with Crippen molar-refractivity contribution in [3.63, 3.8) is 0 Å². The first-order valence-corrected chi connectivity index (χ1v) is 10.7. The number of nitrogens with one attached hydrogen (secondary N) is 1. The lowest BCUT2D eigenvalue weighted by Crippen LogP contribution is -2.36. The summed E-state index contributed by atoms with van der Waals surface area (Å²) in [5, 5.41) is 4.66. The molecule has 158 valence electrons. The average molecular weight is 465 g/mol. The van der Waals surface area contributed by atoms with Crippen LogP contribution in [-0.4, -0.2) is 43.2 Å². The topological polar surface area (TPSA) is 66.3 Å². The lowest BCUT2D eigenvalue weighted by molar-refractivity contribution is 0.261. The van der Waals surface area contributed by atoms with Gasteiger partial charge in [-0.1, -0.05) is 29.4 Å². The largest absolute Gasteiger partial charge is 0.495 e. The Morgan fingerprint density at radius 3 is 2.80 bits per heavy atom. The second kappa shape index (κ2) is 9.73. The zero-order valence-electron chi connectivity index (χ0n) is 16.6. The van der Waals surface area contributed by atoms with Crippen molar-refractivity contribution in [1.82, 2.24) is 5.43 Å². The van der Waals surface area contributed by atoms with Crippen molar-refractivity contribution in [2.45, 2.75) is 12.8 Å². The zero-order valence-corrected chi connectivity index (χ0v) is 19.0. The van der Waals surface area contributed by atoms with E-state index in [0.29, 0.717) is 16.5 Å². The Bertz CT molecular complexity index is 1030. The van der Waals surface area contributed by atoms with Crippen LogP contribution in [0, 0.1) is 0 Å². The predicted molar refractivity (Wildman–Crippen MR) is 127 cm³/mol. The quantitative estimate of drug-likeness (QED) is 0.525. The number of amidine groups is 1. The van der Waals surface area contributed by atoms with Gasteiger partial charge >= 0.3 is 0 Å². The van der Waals surface area contributed by atoms with Gasteiger partial charge in [0.15, 0.2) is 0 Å². The Kier molecular flexibility index (Phi) is 7.28. The van der Waals surface area contributed by atoms with Crippen LogP contribution >= 0.6 is 35.8 Å². The van der Waals surface area contributed by atoms with E-state index >= 15 is 0 Å². The molecule has 2 aromatic rings. The Morgan fingerprint density at radius 1 is 1.30 bits per heavy atom. The summed E-state index contributed by atoms with van der Waals surface area (Å²) in [7, 11) is 3.40. The number of anilines is 1. The molecule has 0 aromatic heterocycles. The number of benzene rings is 2. The second-order valence-electron chi connectivity index (χ2n) is 6.74. The number of hydrazone groups is 1. The second-order valence-corrected chi connectivity index (χ2v) is 8.10. The summed E-state index contributed by atoms with van der Waals surface area (Å²) in [6.45, 7) is 0.884. The Labute approximate surface area is 191 Å². The number of nitrogens with zero attached hydrogens (tertiary/aromatic N) is 3. The standard InChI is InChI=1S/C21H21ClN4O2S.ClH/c1-23-20(15-6-8-19(28-2)16(22)11-15)26-9-3-4-14-10-13(5-7-18(14)26)17-12-29-21(27)25-24-17;/h5-8,10-11H,3-4,9,12H2,1-2H3,(H,25,27);1H. The van der Waals surface area contributed by atoms with Crippen molar-refractivity contribution in [1.29, 1.82) is 0 Å². The van der Waals surface area contributed by atoms with Crippen LogP contribution in [0.3, 0.4) is 0 Å². The van der Waals surface area contributed by atoms with Crippen molar-refractivity contribution in [2.75, 3.05) is 31.4 Å². The molecule has 9 heteroatoms. The van der Waals surface area contributed by atoms with Crippen LogP contribution in [0.2, 0.25) is 5.02 Å². The fraction of sp³-hybridized carbons (Fsp3) is 0.286. The lowest BCUT2D eigenvalue weighted by Gasteiger charge is -2.32. The Balaban J connectivity index is 0.00000256. The summed E-state index contributed by atoms with van der Waals surface area (Å²) < 4.78 is 5.27. The molecule has 1 N–H and O–H groups in total. The summed E-state index contributed by atoms with van der Waals surface area (Å²) >= 11 is 7.58. The van der Waals surface area contributed by atoms with Crippen molar-refractivity contribution in [2.24, 2.45) is 10.1 Å². The highest BCUT2D eigenvalue weighted by atomic mass is 35.5. The molecule has 2 heterocycles.